The molecule has 2 rings (SSSR count). The lowest BCUT2D eigenvalue weighted by Crippen LogP contribution is -2.16. The van der Waals surface area contributed by atoms with Crippen molar-refractivity contribution in [1.29, 1.82) is 0 Å². The molecule has 3 N–H and O–H groups in total. The number of nitrogens with one attached hydrogen (secondary N) is 1. The molecule has 0 saturated heterocycles. The first-order valence-electron chi connectivity index (χ1n) is 5.80. The molecule has 0 aliphatic rings. The normalized spacial score (nSPS) is 11.4. The van der Waals surface area contributed by atoms with Crippen LogP contribution in [0.25, 0.3) is 0 Å². The average Bonchev–Trinajstić information content (AvgIpc) is 2.42. The maximum absolute atomic E-state index is 13.7. The van der Waals surface area contributed by atoms with Gasteiger partial charge in [0.1, 0.15) is 16.5 Å². The summed E-state index contributed by atoms with van der Waals surface area (Å²) in [5.74, 6) is -1.81. The van der Waals surface area contributed by atoms with Crippen LogP contribution in [0.4, 0.5) is 14.5 Å². The summed E-state index contributed by atoms with van der Waals surface area (Å²) >= 11 is 5.58. The predicted molar refractivity (Wildman–Crippen MR) is 76.5 cm³/mol. The average molecular weight is 333 g/mol. The van der Waals surface area contributed by atoms with Crippen molar-refractivity contribution >= 4 is 27.3 Å². The lowest BCUT2D eigenvalue weighted by Gasteiger charge is -2.11. The highest BCUT2D eigenvalue weighted by molar-refractivity contribution is 7.92. The Morgan fingerprint density at radius 2 is 1.81 bits per heavy atom. The van der Waals surface area contributed by atoms with Gasteiger partial charge in [-0.3, -0.25) is 4.72 Å². The zero-order chi connectivity index (χ0) is 15.6. The number of nitrogens with two attached hydrogens (primary N) is 1. The number of anilines is 1. The summed E-state index contributed by atoms with van der Waals surface area (Å²) in [7, 11) is -4.28. The molecule has 21 heavy (non-hydrogen) atoms. The highest BCUT2D eigenvalue weighted by Gasteiger charge is 2.21. The van der Waals surface area contributed by atoms with E-state index in [9.17, 15) is 17.2 Å². The van der Waals surface area contributed by atoms with Crippen molar-refractivity contribution in [3.05, 3.63) is 58.6 Å². The fourth-order valence-corrected chi connectivity index (χ4v) is 3.01. The molecule has 0 radical (unpaired) electrons. The summed E-state index contributed by atoms with van der Waals surface area (Å²) in [5, 5.41) is 0.117. The zero-order valence-corrected chi connectivity index (χ0v) is 12.2. The van der Waals surface area contributed by atoms with Crippen LogP contribution in [0.5, 0.6) is 0 Å². The molecule has 0 unspecified atom stereocenters. The molecule has 2 aromatic rings. The minimum atomic E-state index is -4.28. The minimum absolute atomic E-state index is 0.0537. The van der Waals surface area contributed by atoms with Gasteiger partial charge >= 0.3 is 0 Å². The Hall–Kier alpha value is -1.70. The highest BCUT2D eigenvalue weighted by Crippen LogP contribution is 2.24. The van der Waals surface area contributed by atoms with Gasteiger partial charge in [0.15, 0.2) is 0 Å². The molecule has 0 aliphatic heterocycles. The number of benzene rings is 2. The first-order valence-corrected chi connectivity index (χ1v) is 7.66. The Labute approximate surface area is 125 Å². The van der Waals surface area contributed by atoms with Crippen molar-refractivity contribution in [2.24, 2.45) is 5.73 Å². The minimum Gasteiger partial charge on any atom is -0.326 e. The number of halogens is 3. The summed E-state index contributed by atoms with van der Waals surface area (Å²) in [5.41, 5.74) is 5.51. The van der Waals surface area contributed by atoms with Crippen LogP contribution in [0.2, 0.25) is 5.02 Å². The smallest absolute Gasteiger partial charge is 0.264 e. The van der Waals surface area contributed by atoms with Crippen molar-refractivity contribution in [1.82, 2.24) is 0 Å². The van der Waals surface area contributed by atoms with Gasteiger partial charge in [-0.25, -0.2) is 17.2 Å². The zero-order valence-electron chi connectivity index (χ0n) is 10.6. The van der Waals surface area contributed by atoms with Crippen LogP contribution in [0.15, 0.2) is 41.3 Å². The number of sulfonamides is 1. The summed E-state index contributed by atoms with van der Waals surface area (Å²) < 4.78 is 53.6. The van der Waals surface area contributed by atoms with Crippen molar-refractivity contribution in [3.63, 3.8) is 0 Å². The summed E-state index contributed by atoms with van der Waals surface area (Å²) in [6.45, 7) is 0.0537. The second-order valence-corrected chi connectivity index (χ2v) is 6.29. The third-order valence-corrected chi connectivity index (χ3v) is 4.31. The van der Waals surface area contributed by atoms with Crippen LogP contribution in [-0.4, -0.2) is 8.42 Å². The maximum atomic E-state index is 13.7. The van der Waals surface area contributed by atoms with E-state index >= 15 is 0 Å². The molecule has 0 fully saturated rings. The Morgan fingerprint density at radius 1 is 1.10 bits per heavy atom. The molecular formula is C13H11ClF2N2O2S. The lowest BCUT2D eigenvalue weighted by atomic mass is 10.2. The van der Waals surface area contributed by atoms with Gasteiger partial charge in [-0.15, -0.1) is 0 Å². The second-order valence-electron chi connectivity index (χ2n) is 4.20. The molecule has 4 nitrogen and oxygen atoms in total. The molecule has 0 aromatic heterocycles. The van der Waals surface area contributed by atoms with Crippen LogP contribution in [0.3, 0.4) is 0 Å². The summed E-state index contributed by atoms with van der Waals surface area (Å²) in [6.07, 6.45) is 0. The van der Waals surface area contributed by atoms with E-state index in [1.165, 1.54) is 12.1 Å². The van der Waals surface area contributed by atoms with E-state index in [0.29, 0.717) is 5.56 Å². The van der Waals surface area contributed by atoms with Crippen molar-refractivity contribution in [2.45, 2.75) is 11.4 Å². The van der Waals surface area contributed by atoms with Crippen molar-refractivity contribution in [2.75, 3.05) is 4.72 Å². The van der Waals surface area contributed by atoms with E-state index in [0.717, 1.165) is 24.3 Å². The van der Waals surface area contributed by atoms with Gasteiger partial charge in [0.2, 0.25) is 0 Å². The van der Waals surface area contributed by atoms with Gasteiger partial charge in [-0.2, -0.15) is 0 Å². The lowest BCUT2D eigenvalue weighted by molar-refractivity contribution is 0.568. The maximum Gasteiger partial charge on any atom is 0.264 e. The summed E-state index contributed by atoms with van der Waals surface area (Å²) in [4.78, 5) is -0.597. The fraction of sp³-hybridized carbons (Fsp3) is 0.0769. The Bertz CT molecular complexity index is 782. The second kappa shape index (κ2) is 5.97. The van der Waals surface area contributed by atoms with E-state index in [1.54, 1.807) is 0 Å². The Balaban J connectivity index is 2.43. The van der Waals surface area contributed by atoms with Crippen LogP contribution in [-0.2, 0) is 16.6 Å². The number of rotatable bonds is 4. The van der Waals surface area contributed by atoms with Crippen molar-refractivity contribution < 1.29 is 17.2 Å². The molecular weight excluding hydrogens is 322 g/mol. The molecule has 0 aliphatic carbocycles. The van der Waals surface area contributed by atoms with Crippen molar-refractivity contribution in [3.8, 4) is 0 Å². The van der Waals surface area contributed by atoms with E-state index in [-0.39, 0.29) is 17.3 Å². The number of hydrogen-bond acceptors (Lipinski definition) is 3. The fourth-order valence-electron chi connectivity index (χ4n) is 1.65. The summed E-state index contributed by atoms with van der Waals surface area (Å²) in [6, 6.07) is 6.89. The standard InChI is InChI=1S/C13H11ClF2N2O2S/c14-9-2-4-12(11(16)6-9)18-21(19,20)13-5-8(7-17)1-3-10(13)15/h1-6,18H,7,17H2. The number of hydrogen-bond donors (Lipinski definition) is 2. The van der Waals surface area contributed by atoms with Gasteiger partial charge < -0.3 is 5.73 Å². The first kappa shape index (κ1) is 15.7. The van der Waals surface area contributed by atoms with Crippen LogP contribution in [0.1, 0.15) is 5.56 Å². The molecule has 8 heteroatoms. The molecule has 0 bridgehead atoms. The largest absolute Gasteiger partial charge is 0.326 e. The van der Waals surface area contributed by atoms with E-state index in [2.05, 4.69) is 0 Å². The quantitative estimate of drug-likeness (QED) is 0.904. The predicted octanol–water partition coefficient (Wildman–Crippen LogP) is 2.88. The Morgan fingerprint density at radius 3 is 2.43 bits per heavy atom. The van der Waals surface area contributed by atoms with Crippen LogP contribution in [0, 0.1) is 11.6 Å². The van der Waals surface area contributed by atoms with Crippen LogP contribution >= 0.6 is 11.6 Å². The molecule has 2 aromatic carbocycles. The van der Waals surface area contributed by atoms with Crippen LogP contribution < -0.4 is 10.5 Å². The monoisotopic (exact) mass is 332 g/mol. The molecule has 0 amide bonds. The molecule has 0 saturated carbocycles. The molecule has 0 atom stereocenters. The van der Waals surface area contributed by atoms with Gasteiger partial charge in [-0.1, -0.05) is 17.7 Å². The molecule has 112 valence electrons. The van der Waals surface area contributed by atoms with Gasteiger partial charge in [0.25, 0.3) is 10.0 Å². The molecule has 0 spiro atoms. The highest BCUT2D eigenvalue weighted by atomic mass is 35.5. The first-order chi connectivity index (χ1) is 9.83. The third-order valence-electron chi connectivity index (χ3n) is 2.70. The SMILES string of the molecule is NCc1ccc(F)c(S(=O)(=O)Nc2ccc(Cl)cc2F)c1. The third kappa shape index (κ3) is 3.49. The van der Waals surface area contributed by atoms with Gasteiger partial charge in [0.05, 0.1) is 5.69 Å². The van der Waals surface area contributed by atoms with Gasteiger partial charge in [-0.05, 0) is 35.9 Å². The topological polar surface area (TPSA) is 72.2 Å². The molecule has 0 heterocycles. The Kier molecular flexibility index (Phi) is 4.46. The van der Waals surface area contributed by atoms with Gasteiger partial charge in [0, 0.05) is 11.6 Å². The van der Waals surface area contributed by atoms with E-state index < -0.39 is 26.6 Å². The van der Waals surface area contributed by atoms with E-state index in [1.807, 2.05) is 4.72 Å². The van der Waals surface area contributed by atoms with E-state index in [4.69, 9.17) is 17.3 Å².